The van der Waals surface area contributed by atoms with Crippen LogP contribution in [0.2, 0.25) is 0 Å². The lowest BCUT2D eigenvalue weighted by atomic mass is 10.2. The number of nitrogens with two attached hydrogens (primary N) is 1. The van der Waals surface area contributed by atoms with E-state index >= 15 is 0 Å². The summed E-state index contributed by atoms with van der Waals surface area (Å²) in [5, 5.41) is 4.41. The Kier molecular flexibility index (Phi) is 4.98. The van der Waals surface area contributed by atoms with Gasteiger partial charge in [-0.2, -0.15) is 5.10 Å². The number of nitrogens with one attached hydrogen (secondary N) is 1. The molecule has 1 amide bonds. The van der Waals surface area contributed by atoms with Crippen molar-refractivity contribution < 1.29 is 9.53 Å². The number of ether oxygens (including phenoxy) is 1. The average Bonchev–Trinajstić information content (AvgIpc) is 2.74. The van der Waals surface area contributed by atoms with Crippen LogP contribution in [0.3, 0.4) is 0 Å². The molecule has 3 N–H and O–H groups in total. The predicted molar refractivity (Wildman–Crippen MR) is 83.0 cm³/mol. The number of amides is 1. The quantitative estimate of drug-likeness (QED) is 0.489. The number of nitrogens with zero attached hydrogens (tertiary/aromatic N) is 2. The molecule has 0 aliphatic heterocycles. The van der Waals surface area contributed by atoms with Gasteiger partial charge in [0, 0.05) is 11.3 Å². The third kappa shape index (κ3) is 3.62. The SMILES string of the molecule is Cc1nn(CCOc2ccc(C(=O)NN)cc2)c(C)c1Br. The van der Waals surface area contributed by atoms with E-state index in [0.717, 1.165) is 15.9 Å². The second kappa shape index (κ2) is 6.73. The van der Waals surface area contributed by atoms with E-state index in [0.29, 0.717) is 24.5 Å². The lowest BCUT2D eigenvalue weighted by Crippen LogP contribution is -2.29. The molecule has 6 nitrogen and oxygen atoms in total. The second-order valence-electron chi connectivity index (χ2n) is 4.55. The lowest BCUT2D eigenvalue weighted by molar-refractivity contribution is 0.0953. The third-order valence-electron chi connectivity index (χ3n) is 3.11. The topological polar surface area (TPSA) is 82.2 Å². The Labute approximate surface area is 131 Å². The second-order valence-corrected chi connectivity index (χ2v) is 5.35. The number of nitrogen functional groups attached to an aromatic ring is 1. The summed E-state index contributed by atoms with van der Waals surface area (Å²) in [6.07, 6.45) is 0. The standard InChI is InChI=1S/C14H17BrN4O2/c1-9-13(15)10(2)19(18-9)7-8-21-12-5-3-11(4-6-12)14(20)17-16/h3-6H,7-8,16H2,1-2H3,(H,17,20). The van der Waals surface area contributed by atoms with Crippen molar-refractivity contribution in [1.29, 1.82) is 0 Å². The van der Waals surface area contributed by atoms with Gasteiger partial charge in [0.05, 0.1) is 16.7 Å². The summed E-state index contributed by atoms with van der Waals surface area (Å²) in [5.41, 5.74) is 4.61. The summed E-state index contributed by atoms with van der Waals surface area (Å²) in [6.45, 7) is 5.11. The fraction of sp³-hybridized carbons (Fsp3) is 0.286. The Hall–Kier alpha value is -1.86. The molecule has 0 saturated carbocycles. The normalized spacial score (nSPS) is 10.5. The van der Waals surface area contributed by atoms with Gasteiger partial charge >= 0.3 is 0 Å². The molecule has 0 bridgehead atoms. The fourth-order valence-electron chi connectivity index (χ4n) is 1.93. The Morgan fingerprint density at radius 1 is 1.38 bits per heavy atom. The predicted octanol–water partition coefficient (Wildman–Crippen LogP) is 1.94. The van der Waals surface area contributed by atoms with Gasteiger partial charge < -0.3 is 4.74 Å². The van der Waals surface area contributed by atoms with Crippen molar-refractivity contribution >= 4 is 21.8 Å². The van der Waals surface area contributed by atoms with Crippen molar-refractivity contribution in [3.63, 3.8) is 0 Å². The van der Waals surface area contributed by atoms with Gasteiger partial charge in [0.25, 0.3) is 5.91 Å². The zero-order valence-corrected chi connectivity index (χ0v) is 13.5. The molecule has 7 heteroatoms. The van der Waals surface area contributed by atoms with Crippen molar-refractivity contribution in [2.75, 3.05) is 6.61 Å². The number of hydrazine groups is 1. The van der Waals surface area contributed by atoms with E-state index in [4.69, 9.17) is 10.6 Å². The first kappa shape index (κ1) is 15.5. The molecule has 0 fully saturated rings. The highest BCUT2D eigenvalue weighted by molar-refractivity contribution is 9.10. The largest absolute Gasteiger partial charge is 0.492 e. The monoisotopic (exact) mass is 352 g/mol. The molecular formula is C14H17BrN4O2. The number of aromatic nitrogens is 2. The summed E-state index contributed by atoms with van der Waals surface area (Å²) in [7, 11) is 0. The molecule has 0 atom stereocenters. The van der Waals surface area contributed by atoms with Gasteiger partial charge in [-0.05, 0) is 54.0 Å². The maximum atomic E-state index is 11.3. The number of halogens is 1. The first-order valence-corrected chi connectivity index (χ1v) is 7.25. The average molecular weight is 353 g/mol. The van der Waals surface area contributed by atoms with Crippen molar-refractivity contribution in [2.24, 2.45) is 5.84 Å². The van der Waals surface area contributed by atoms with Crippen LogP contribution in [-0.2, 0) is 6.54 Å². The lowest BCUT2D eigenvalue weighted by Gasteiger charge is -2.08. The van der Waals surface area contributed by atoms with Gasteiger partial charge in [0.15, 0.2) is 0 Å². The molecule has 0 radical (unpaired) electrons. The molecule has 1 aromatic heterocycles. The van der Waals surface area contributed by atoms with Crippen LogP contribution in [0.1, 0.15) is 21.7 Å². The van der Waals surface area contributed by atoms with Gasteiger partial charge in [-0.15, -0.1) is 0 Å². The van der Waals surface area contributed by atoms with Crippen molar-refractivity contribution in [1.82, 2.24) is 15.2 Å². The number of carbonyl (C=O) groups is 1. The van der Waals surface area contributed by atoms with Crippen LogP contribution in [0.5, 0.6) is 5.75 Å². The van der Waals surface area contributed by atoms with Crippen LogP contribution in [0.4, 0.5) is 0 Å². The molecule has 21 heavy (non-hydrogen) atoms. The van der Waals surface area contributed by atoms with E-state index in [1.54, 1.807) is 24.3 Å². The maximum Gasteiger partial charge on any atom is 0.265 e. The number of carbonyl (C=O) groups excluding carboxylic acids is 1. The van der Waals surface area contributed by atoms with Gasteiger partial charge in [-0.3, -0.25) is 14.9 Å². The summed E-state index contributed by atoms with van der Waals surface area (Å²) in [4.78, 5) is 11.3. The van der Waals surface area contributed by atoms with E-state index < -0.39 is 0 Å². The molecule has 2 rings (SSSR count). The molecule has 0 aliphatic rings. The molecule has 1 heterocycles. The van der Waals surface area contributed by atoms with Crippen LogP contribution >= 0.6 is 15.9 Å². The summed E-state index contributed by atoms with van der Waals surface area (Å²) in [6, 6.07) is 6.80. The Morgan fingerprint density at radius 3 is 2.57 bits per heavy atom. The maximum absolute atomic E-state index is 11.3. The number of aryl methyl sites for hydroxylation is 1. The van der Waals surface area contributed by atoms with E-state index in [1.807, 2.05) is 18.5 Å². The highest BCUT2D eigenvalue weighted by Gasteiger charge is 2.08. The molecule has 0 saturated heterocycles. The molecule has 0 aliphatic carbocycles. The van der Waals surface area contributed by atoms with Crippen LogP contribution < -0.4 is 16.0 Å². The molecule has 112 valence electrons. The van der Waals surface area contributed by atoms with Crippen molar-refractivity contribution in [2.45, 2.75) is 20.4 Å². The van der Waals surface area contributed by atoms with Crippen molar-refractivity contribution in [3.8, 4) is 5.75 Å². The van der Waals surface area contributed by atoms with E-state index in [1.165, 1.54) is 0 Å². The van der Waals surface area contributed by atoms with Gasteiger partial charge in [0.2, 0.25) is 0 Å². The summed E-state index contributed by atoms with van der Waals surface area (Å²) < 4.78 is 8.57. The highest BCUT2D eigenvalue weighted by Crippen LogP contribution is 2.19. The first-order chi connectivity index (χ1) is 10.0. The van der Waals surface area contributed by atoms with Crippen LogP contribution in [0.25, 0.3) is 0 Å². The summed E-state index contributed by atoms with van der Waals surface area (Å²) >= 11 is 3.49. The minimum atomic E-state index is -0.325. The van der Waals surface area contributed by atoms with E-state index in [-0.39, 0.29) is 5.91 Å². The van der Waals surface area contributed by atoms with Gasteiger partial charge in [0.1, 0.15) is 12.4 Å². The summed E-state index contributed by atoms with van der Waals surface area (Å²) in [5.74, 6) is 5.44. The third-order valence-corrected chi connectivity index (χ3v) is 4.26. The van der Waals surface area contributed by atoms with Crippen LogP contribution in [0.15, 0.2) is 28.7 Å². The number of rotatable bonds is 5. The Bertz CT molecular complexity index is 637. The van der Waals surface area contributed by atoms with Gasteiger partial charge in [-0.25, -0.2) is 5.84 Å². The minimum absolute atomic E-state index is 0.325. The Morgan fingerprint density at radius 2 is 2.05 bits per heavy atom. The zero-order valence-electron chi connectivity index (χ0n) is 11.9. The highest BCUT2D eigenvalue weighted by atomic mass is 79.9. The molecule has 2 aromatic rings. The van der Waals surface area contributed by atoms with Crippen molar-refractivity contribution in [3.05, 3.63) is 45.7 Å². The minimum Gasteiger partial charge on any atom is -0.492 e. The molecular weight excluding hydrogens is 336 g/mol. The molecule has 0 unspecified atom stereocenters. The Balaban J connectivity index is 1.91. The first-order valence-electron chi connectivity index (χ1n) is 6.46. The fourth-order valence-corrected chi connectivity index (χ4v) is 2.21. The van der Waals surface area contributed by atoms with E-state index in [2.05, 4.69) is 26.5 Å². The van der Waals surface area contributed by atoms with Gasteiger partial charge in [-0.1, -0.05) is 0 Å². The number of hydrogen-bond donors (Lipinski definition) is 2. The smallest absolute Gasteiger partial charge is 0.265 e. The van der Waals surface area contributed by atoms with Crippen LogP contribution in [-0.4, -0.2) is 22.3 Å². The zero-order chi connectivity index (χ0) is 15.4. The number of benzene rings is 1. The van der Waals surface area contributed by atoms with Crippen LogP contribution in [0, 0.1) is 13.8 Å². The van der Waals surface area contributed by atoms with E-state index in [9.17, 15) is 4.79 Å². The molecule has 0 spiro atoms. The number of hydrogen-bond acceptors (Lipinski definition) is 4. The molecule has 1 aromatic carbocycles.